The molecule has 2 N–H and O–H groups in total. The highest BCUT2D eigenvalue weighted by Gasteiger charge is 2.07. The Bertz CT molecular complexity index is 1250. The zero-order valence-corrected chi connectivity index (χ0v) is 20.0. The number of nitrogens with one attached hydrogen (secondary N) is 2. The van der Waals surface area contributed by atoms with Crippen molar-refractivity contribution in [2.24, 2.45) is 10.2 Å². The predicted octanol–water partition coefficient (Wildman–Crippen LogP) is 5.81. The van der Waals surface area contributed by atoms with Crippen molar-refractivity contribution in [2.45, 2.75) is 13.8 Å². The van der Waals surface area contributed by atoms with Gasteiger partial charge >= 0.3 is 5.97 Å². The molecule has 184 valence electrons. The van der Waals surface area contributed by atoms with E-state index >= 15 is 0 Å². The Morgan fingerprint density at radius 1 is 0.750 bits per heavy atom. The highest BCUT2D eigenvalue weighted by molar-refractivity contribution is 6.04. The standard InChI is InChI=1S/C27H26N4O5/c1-18(2)27(34)36-17-16-35-25-14-4-20(5-15-25)26(33)29-22-8-12-24(13-9-22)31-30-23-10-6-21(7-11-23)28-19(3)32/h4-15H,1,16-17H2,2-3H3,(H,28,32)(H,29,33). The maximum atomic E-state index is 12.5. The van der Waals surface area contributed by atoms with E-state index in [0.29, 0.717) is 39.6 Å². The largest absolute Gasteiger partial charge is 0.490 e. The van der Waals surface area contributed by atoms with E-state index in [1.807, 2.05) is 0 Å². The van der Waals surface area contributed by atoms with Crippen LogP contribution in [0.25, 0.3) is 0 Å². The zero-order valence-electron chi connectivity index (χ0n) is 20.0. The molecule has 0 saturated heterocycles. The summed E-state index contributed by atoms with van der Waals surface area (Å²) in [6.07, 6.45) is 0. The Balaban J connectivity index is 1.48. The van der Waals surface area contributed by atoms with Gasteiger partial charge in [-0.3, -0.25) is 9.59 Å². The van der Waals surface area contributed by atoms with Gasteiger partial charge in [-0.1, -0.05) is 6.58 Å². The number of anilines is 2. The molecule has 9 nitrogen and oxygen atoms in total. The molecule has 0 fully saturated rings. The minimum Gasteiger partial charge on any atom is -0.490 e. The summed E-state index contributed by atoms with van der Waals surface area (Å²) in [5, 5.41) is 13.9. The van der Waals surface area contributed by atoms with Crippen molar-refractivity contribution in [3.05, 3.63) is 90.5 Å². The van der Waals surface area contributed by atoms with Crippen LogP contribution in [-0.4, -0.2) is 31.0 Å². The summed E-state index contributed by atoms with van der Waals surface area (Å²) < 4.78 is 10.5. The number of benzene rings is 3. The predicted molar refractivity (Wildman–Crippen MR) is 137 cm³/mol. The molecule has 9 heteroatoms. The summed E-state index contributed by atoms with van der Waals surface area (Å²) in [7, 11) is 0. The molecule has 0 heterocycles. The molecule has 3 aromatic carbocycles. The van der Waals surface area contributed by atoms with Gasteiger partial charge < -0.3 is 20.1 Å². The van der Waals surface area contributed by atoms with Crippen LogP contribution in [0.15, 0.2) is 95.2 Å². The molecule has 3 aromatic rings. The monoisotopic (exact) mass is 486 g/mol. The first kappa shape index (κ1) is 25.8. The number of ether oxygens (including phenoxy) is 2. The highest BCUT2D eigenvalue weighted by Crippen LogP contribution is 2.22. The van der Waals surface area contributed by atoms with Gasteiger partial charge in [0, 0.05) is 29.4 Å². The van der Waals surface area contributed by atoms with E-state index in [2.05, 4.69) is 27.4 Å². The lowest BCUT2D eigenvalue weighted by Crippen LogP contribution is -2.13. The minimum atomic E-state index is -0.462. The molecule has 0 aliphatic heterocycles. The van der Waals surface area contributed by atoms with E-state index in [1.165, 1.54) is 6.92 Å². The lowest BCUT2D eigenvalue weighted by atomic mass is 10.2. The van der Waals surface area contributed by atoms with Crippen molar-refractivity contribution in [2.75, 3.05) is 23.8 Å². The van der Waals surface area contributed by atoms with E-state index in [0.717, 1.165) is 0 Å². The second-order valence-electron chi connectivity index (χ2n) is 7.72. The number of azo groups is 1. The van der Waals surface area contributed by atoms with Crippen LogP contribution in [0.3, 0.4) is 0 Å². The zero-order chi connectivity index (χ0) is 25.9. The van der Waals surface area contributed by atoms with Gasteiger partial charge in [0.15, 0.2) is 0 Å². The maximum Gasteiger partial charge on any atom is 0.333 e. The SMILES string of the molecule is C=C(C)C(=O)OCCOc1ccc(C(=O)Nc2ccc(N=Nc3ccc(NC(C)=O)cc3)cc2)cc1. The van der Waals surface area contributed by atoms with E-state index in [9.17, 15) is 14.4 Å². The number of carbonyl (C=O) groups is 3. The summed E-state index contributed by atoms with van der Waals surface area (Å²) in [6.45, 7) is 6.83. The van der Waals surface area contributed by atoms with Crippen LogP contribution in [0.4, 0.5) is 22.7 Å². The summed E-state index contributed by atoms with van der Waals surface area (Å²) in [6, 6.07) is 20.6. The maximum absolute atomic E-state index is 12.5. The fourth-order valence-electron chi connectivity index (χ4n) is 2.86. The van der Waals surface area contributed by atoms with Gasteiger partial charge in [0.1, 0.15) is 19.0 Å². The molecule has 36 heavy (non-hydrogen) atoms. The Kier molecular flexibility index (Phi) is 9.05. The van der Waals surface area contributed by atoms with Crippen LogP contribution in [0.5, 0.6) is 5.75 Å². The van der Waals surface area contributed by atoms with Gasteiger partial charge in [-0.05, 0) is 79.7 Å². The number of esters is 1. The van der Waals surface area contributed by atoms with Crippen LogP contribution in [-0.2, 0) is 14.3 Å². The highest BCUT2D eigenvalue weighted by atomic mass is 16.6. The minimum absolute atomic E-state index is 0.106. The average Bonchev–Trinajstić information content (AvgIpc) is 2.87. The van der Waals surface area contributed by atoms with E-state index in [1.54, 1.807) is 79.7 Å². The molecule has 3 rings (SSSR count). The number of nitrogens with zero attached hydrogens (tertiary/aromatic N) is 2. The normalized spacial score (nSPS) is 10.5. The fourth-order valence-corrected chi connectivity index (χ4v) is 2.86. The molecule has 0 unspecified atom stereocenters. The summed E-state index contributed by atoms with van der Waals surface area (Å²) in [5.41, 5.74) is 3.35. The quantitative estimate of drug-likeness (QED) is 0.162. The Labute approximate surface area is 208 Å². The topological polar surface area (TPSA) is 118 Å². The Hall–Kier alpha value is -4.79. The Morgan fingerprint density at radius 2 is 1.28 bits per heavy atom. The molecule has 0 aromatic heterocycles. The lowest BCUT2D eigenvalue weighted by Gasteiger charge is -2.09. The summed E-state index contributed by atoms with van der Waals surface area (Å²) in [5.74, 6) is -0.322. The van der Waals surface area contributed by atoms with Crippen molar-refractivity contribution in [3.8, 4) is 5.75 Å². The van der Waals surface area contributed by atoms with Gasteiger partial charge in [-0.15, -0.1) is 0 Å². The van der Waals surface area contributed by atoms with Crippen molar-refractivity contribution in [1.29, 1.82) is 0 Å². The number of amides is 2. The summed E-state index contributed by atoms with van der Waals surface area (Å²) >= 11 is 0. The van der Waals surface area contributed by atoms with Gasteiger partial charge in [0.25, 0.3) is 5.91 Å². The van der Waals surface area contributed by atoms with Gasteiger partial charge in [-0.2, -0.15) is 10.2 Å². The van der Waals surface area contributed by atoms with Gasteiger partial charge in [-0.25, -0.2) is 4.79 Å². The number of carbonyl (C=O) groups excluding carboxylic acids is 3. The van der Waals surface area contributed by atoms with E-state index in [-0.39, 0.29) is 25.0 Å². The number of hydrogen-bond acceptors (Lipinski definition) is 7. The van der Waals surface area contributed by atoms with Crippen molar-refractivity contribution in [3.63, 3.8) is 0 Å². The van der Waals surface area contributed by atoms with Crippen LogP contribution in [0.2, 0.25) is 0 Å². The molecular weight excluding hydrogens is 460 g/mol. The van der Waals surface area contributed by atoms with Crippen molar-refractivity contribution >= 4 is 40.5 Å². The summed E-state index contributed by atoms with van der Waals surface area (Å²) in [4.78, 5) is 34.9. The first-order chi connectivity index (χ1) is 17.3. The van der Waals surface area contributed by atoms with Crippen molar-refractivity contribution < 1.29 is 23.9 Å². The second-order valence-corrected chi connectivity index (χ2v) is 7.72. The smallest absolute Gasteiger partial charge is 0.333 e. The molecule has 0 radical (unpaired) electrons. The van der Waals surface area contributed by atoms with Gasteiger partial charge in [0.05, 0.1) is 11.4 Å². The Morgan fingerprint density at radius 3 is 1.78 bits per heavy atom. The fraction of sp³-hybridized carbons (Fsp3) is 0.148. The van der Waals surface area contributed by atoms with Crippen LogP contribution in [0.1, 0.15) is 24.2 Å². The average molecular weight is 487 g/mol. The van der Waals surface area contributed by atoms with Crippen LogP contribution >= 0.6 is 0 Å². The molecule has 0 saturated carbocycles. The van der Waals surface area contributed by atoms with Crippen LogP contribution < -0.4 is 15.4 Å². The van der Waals surface area contributed by atoms with Gasteiger partial charge in [0.2, 0.25) is 5.91 Å². The van der Waals surface area contributed by atoms with Crippen molar-refractivity contribution in [1.82, 2.24) is 0 Å². The first-order valence-corrected chi connectivity index (χ1v) is 11.1. The second kappa shape index (κ2) is 12.6. The van der Waals surface area contributed by atoms with E-state index in [4.69, 9.17) is 9.47 Å². The molecule has 2 amide bonds. The third-order valence-corrected chi connectivity index (χ3v) is 4.64. The lowest BCUT2D eigenvalue weighted by molar-refractivity contribution is -0.139. The van der Waals surface area contributed by atoms with E-state index < -0.39 is 5.97 Å². The number of hydrogen-bond donors (Lipinski definition) is 2. The van der Waals surface area contributed by atoms with Crippen LogP contribution in [0, 0.1) is 0 Å². The molecule has 0 spiro atoms. The molecule has 0 bridgehead atoms. The third kappa shape index (κ3) is 8.21. The molecule has 0 aliphatic rings. The number of rotatable bonds is 10. The molecular formula is C27H26N4O5. The third-order valence-electron chi connectivity index (χ3n) is 4.64. The molecule has 0 aliphatic carbocycles. The molecule has 0 atom stereocenters. The first-order valence-electron chi connectivity index (χ1n) is 11.1.